The van der Waals surface area contributed by atoms with Gasteiger partial charge in [0, 0.05) is 5.56 Å². The van der Waals surface area contributed by atoms with Crippen LogP contribution in [-0.4, -0.2) is 23.8 Å². The topological polar surface area (TPSA) is 59.8 Å². The van der Waals surface area contributed by atoms with E-state index in [0.717, 1.165) is 28.0 Å². The third-order valence-corrected chi connectivity index (χ3v) is 6.33. The van der Waals surface area contributed by atoms with Gasteiger partial charge in [-0.15, -0.1) is 11.8 Å². The summed E-state index contributed by atoms with van der Waals surface area (Å²) in [5, 5.41) is 0. The van der Waals surface area contributed by atoms with Gasteiger partial charge in [0.25, 0.3) is 11.8 Å². The van der Waals surface area contributed by atoms with E-state index in [2.05, 4.69) is 0 Å². The number of furan rings is 1. The number of methoxy groups -OCH3 is 1. The van der Waals surface area contributed by atoms with Gasteiger partial charge in [-0.25, -0.2) is 0 Å². The molecule has 1 aliphatic rings. The molecule has 0 radical (unpaired) electrons. The van der Waals surface area contributed by atoms with Gasteiger partial charge >= 0.3 is 0 Å². The zero-order valence-corrected chi connectivity index (χ0v) is 18.5. The van der Waals surface area contributed by atoms with Gasteiger partial charge in [0.2, 0.25) is 0 Å². The van der Waals surface area contributed by atoms with Crippen molar-refractivity contribution >= 4 is 29.1 Å². The smallest absolute Gasteiger partial charge is 0.268 e. The first-order chi connectivity index (χ1) is 15.0. The van der Waals surface area contributed by atoms with Gasteiger partial charge in [0.1, 0.15) is 11.5 Å². The van der Waals surface area contributed by atoms with Crippen molar-refractivity contribution in [1.82, 2.24) is 4.90 Å². The highest BCUT2D eigenvalue weighted by atomic mass is 32.2. The molecule has 0 spiro atoms. The van der Waals surface area contributed by atoms with E-state index in [9.17, 15) is 9.59 Å². The minimum absolute atomic E-state index is 0.154. The van der Waals surface area contributed by atoms with Crippen LogP contribution in [0.25, 0.3) is 5.57 Å². The second-order valence-corrected chi connectivity index (χ2v) is 8.38. The van der Waals surface area contributed by atoms with E-state index in [0.29, 0.717) is 22.0 Å². The molecule has 158 valence electrons. The first kappa shape index (κ1) is 21.0. The van der Waals surface area contributed by atoms with Crippen LogP contribution in [-0.2, 0) is 21.9 Å². The third kappa shape index (κ3) is 4.16. The number of carbonyl (C=O) groups excluding carboxylic acids is 2. The molecule has 0 atom stereocenters. The fourth-order valence-corrected chi connectivity index (χ4v) is 4.73. The lowest BCUT2D eigenvalue weighted by molar-refractivity contribution is -0.137. The number of nitrogens with zero attached hydrogens (tertiary/aromatic N) is 1. The normalized spacial score (nSPS) is 14.0. The van der Waals surface area contributed by atoms with Crippen LogP contribution < -0.4 is 4.74 Å². The summed E-state index contributed by atoms with van der Waals surface area (Å²) in [6.07, 6.45) is 1.60. The van der Waals surface area contributed by atoms with Crippen molar-refractivity contribution in [2.24, 2.45) is 0 Å². The zero-order valence-electron chi connectivity index (χ0n) is 17.7. The van der Waals surface area contributed by atoms with Crippen LogP contribution in [0.3, 0.4) is 0 Å². The fraction of sp³-hybridized carbons (Fsp3) is 0.200. The van der Waals surface area contributed by atoms with Crippen molar-refractivity contribution in [2.75, 3.05) is 7.11 Å². The Balaban J connectivity index is 1.72. The molecular weight excluding hydrogens is 410 g/mol. The van der Waals surface area contributed by atoms with Gasteiger partial charge in [-0.2, -0.15) is 0 Å². The van der Waals surface area contributed by atoms with E-state index in [4.69, 9.17) is 9.15 Å². The van der Waals surface area contributed by atoms with Gasteiger partial charge in [0.15, 0.2) is 0 Å². The number of imide groups is 1. The van der Waals surface area contributed by atoms with Crippen LogP contribution in [0.1, 0.15) is 28.0 Å². The minimum Gasteiger partial charge on any atom is -0.496 e. The molecular formula is C25H23NO4S. The van der Waals surface area contributed by atoms with Crippen molar-refractivity contribution in [3.8, 4) is 5.75 Å². The number of thioether (sulfide) groups is 1. The summed E-state index contributed by atoms with van der Waals surface area (Å²) >= 11 is 1.34. The Morgan fingerprint density at radius 3 is 2.52 bits per heavy atom. The lowest BCUT2D eigenvalue weighted by atomic mass is 9.99. The number of amides is 2. The van der Waals surface area contributed by atoms with Crippen molar-refractivity contribution in [2.45, 2.75) is 26.1 Å². The Morgan fingerprint density at radius 2 is 1.81 bits per heavy atom. The highest BCUT2D eigenvalue weighted by molar-refractivity contribution is 8.03. The largest absolute Gasteiger partial charge is 0.496 e. The molecule has 6 heteroatoms. The van der Waals surface area contributed by atoms with Gasteiger partial charge in [0.05, 0.1) is 36.1 Å². The summed E-state index contributed by atoms with van der Waals surface area (Å²) in [6.45, 7) is 4.12. The van der Waals surface area contributed by atoms with E-state index in [1.807, 2.05) is 68.4 Å². The molecule has 2 amide bonds. The van der Waals surface area contributed by atoms with Gasteiger partial charge < -0.3 is 9.15 Å². The monoisotopic (exact) mass is 433 g/mol. The first-order valence-electron chi connectivity index (χ1n) is 9.94. The van der Waals surface area contributed by atoms with Crippen LogP contribution >= 0.6 is 11.8 Å². The maximum atomic E-state index is 13.5. The first-order valence-corrected chi connectivity index (χ1v) is 10.9. The summed E-state index contributed by atoms with van der Waals surface area (Å²) in [5.74, 6) is 1.29. The summed E-state index contributed by atoms with van der Waals surface area (Å²) in [6, 6.07) is 17.0. The molecule has 0 bridgehead atoms. The molecule has 2 heterocycles. The molecule has 3 aromatic rings. The Kier molecular flexibility index (Phi) is 6.00. The van der Waals surface area contributed by atoms with Crippen molar-refractivity contribution in [3.05, 3.63) is 93.8 Å². The zero-order chi connectivity index (χ0) is 22.0. The standard InChI is InChI=1S/C25H23NO4S/c1-16-10-11-20(17(2)13-16)22-23(31-15-19-8-6-12-30-19)25(28)26(24(22)27)14-18-7-4-5-9-21(18)29-3/h4-13H,14-15H2,1-3H3. The second kappa shape index (κ2) is 8.86. The summed E-state index contributed by atoms with van der Waals surface area (Å²) in [5.41, 5.74) is 4.09. The maximum Gasteiger partial charge on any atom is 0.268 e. The highest BCUT2D eigenvalue weighted by Crippen LogP contribution is 2.39. The SMILES string of the molecule is COc1ccccc1CN1C(=O)C(SCc2ccco2)=C(c2ccc(C)cc2C)C1=O. The van der Waals surface area contributed by atoms with Gasteiger partial charge in [-0.3, -0.25) is 14.5 Å². The molecule has 5 nitrogen and oxygen atoms in total. The lowest BCUT2D eigenvalue weighted by Gasteiger charge is -2.17. The average Bonchev–Trinajstić information content (AvgIpc) is 3.35. The Hall–Kier alpha value is -3.25. The summed E-state index contributed by atoms with van der Waals surface area (Å²) in [4.78, 5) is 28.6. The van der Waals surface area contributed by atoms with Crippen LogP contribution in [0.15, 0.2) is 70.2 Å². The molecule has 0 saturated heterocycles. The number of hydrogen-bond acceptors (Lipinski definition) is 5. The number of carbonyl (C=O) groups is 2. The van der Waals surface area contributed by atoms with Crippen molar-refractivity contribution in [1.29, 1.82) is 0 Å². The molecule has 31 heavy (non-hydrogen) atoms. The molecule has 0 unspecified atom stereocenters. The Bertz CT molecular complexity index is 1160. The number of benzene rings is 2. The minimum atomic E-state index is -0.289. The fourth-order valence-electron chi connectivity index (χ4n) is 3.70. The van der Waals surface area contributed by atoms with Crippen LogP contribution in [0.4, 0.5) is 0 Å². The lowest BCUT2D eigenvalue weighted by Crippen LogP contribution is -2.31. The molecule has 1 aromatic heterocycles. The third-order valence-electron chi connectivity index (χ3n) is 5.24. The van der Waals surface area contributed by atoms with E-state index in [1.165, 1.54) is 16.7 Å². The van der Waals surface area contributed by atoms with E-state index < -0.39 is 0 Å². The van der Waals surface area contributed by atoms with Crippen LogP contribution in [0.5, 0.6) is 5.75 Å². The van der Waals surface area contributed by atoms with Gasteiger partial charge in [-0.1, -0.05) is 42.0 Å². The molecule has 0 N–H and O–H groups in total. The molecule has 4 rings (SSSR count). The number of aryl methyl sites for hydroxylation is 2. The van der Waals surface area contributed by atoms with Crippen molar-refractivity contribution < 1.29 is 18.7 Å². The molecule has 0 saturated carbocycles. The number of rotatable bonds is 7. The molecule has 0 aliphatic carbocycles. The van der Waals surface area contributed by atoms with Gasteiger partial charge in [-0.05, 0) is 43.2 Å². The number of ether oxygens (including phenoxy) is 1. The molecule has 1 aliphatic heterocycles. The summed E-state index contributed by atoms with van der Waals surface area (Å²) in [7, 11) is 1.58. The predicted molar refractivity (Wildman–Crippen MR) is 121 cm³/mol. The Labute approximate surface area is 185 Å². The molecule has 2 aromatic carbocycles. The van der Waals surface area contributed by atoms with Crippen LogP contribution in [0, 0.1) is 13.8 Å². The van der Waals surface area contributed by atoms with E-state index in [1.54, 1.807) is 13.4 Å². The van der Waals surface area contributed by atoms with E-state index >= 15 is 0 Å². The highest BCUT2D eigenvalue weighted by Gasteiger charge is 2.40. The maximum absolute atomic E-state index is 13.5. The summed E-state index contributed by atoms with van der Waals surface area (Å²) < 4.78 is 10.8. The second-order valence-electron chi connectivity index (χ2n) is 7.40. The predicted octanol–water partition coefficient (Wildman–Crippen LogP) is 5.12. The number of para-hydroxylation sites is 1. The van der Waals surface area contributed by atoms with E-state index in [-0.39, 0.29) is 18.4 Å². The van der Waals surface area contributed by atoms with Crippen LogP contribution in [0.2, 0.25) is 0 Å². The average molecular weight is 434 g/mol. The van der Waals surface area contributed by atoms with Crippen molar-refractivity contribution in [3.63, 3.8) is 0 Å². The molecule has 0 fully saturated rings. The Morgan fingerprint density at radius 1 is 1.00 bits per heavy atom. The quantitative estimate of drug-likeness (QED) is 0.484. The number of hydrogen-bond donors (Lipinski definition) is 0.